The average molecular weight is 488 g/mol. The van der Waals surface area contributed by atoms with E-state index in [1.807, 2.05) is 38.1 Å². The standard InChI is InChI=1S/C30H33NO5/c1-5-9-10-21(6-2)17-28(30(34)35)31-29(33)24(8-4)18-25-13-16-27(19-23(25)7-3)36-20-22-11-14-26(32)15-12-22/h5-6,8-16,18-19,28,32H,2,4,7,17,20H2,1,3H3,(H,31,33)(H,34,35)/b9-5-,21-10+,24-18+. The number of phenols is 1. The first-order valence-electron chi connectivity index (χ1n) is 11.7. The van der Waals surface area contributed by atoms with Gasteiger partial charge in [-0.15, -0.1) is 0 Å². The van der Waals surface area contributed by atoms with Gasteiger partial charge in [0, 0.05) is 12.0 Å². The highest BCUT2D eigenvalue weighted by atomic mass is 16.5. The Morgan fingerprint density at radius 1 is 1.11 bits per heavy atom. The highest BCUT2D eigenvalue weighted by Crippen LogP contribution is 2.23. The molecule has 0 aliphatic heterocycles. The fraction of sp³-hybridized carbons (Fsp3) is 0.200. The van der Waals surface area contributed by atoms with Crippen molar-refractivity contribution in [1.29, 1.82) is 0 Å². The molecule has 1 amide bonds. The highest BCUT2D eigenvalue weighted by molar-refractivity contribution is 6.02. The van der Waals surface area contributed by atoms with Crippen molar-refractivity contribution in [3.63, 3.8) is 0 Å². The Morgan fingerprint density at radius 2 is 1.83 bits per heavy atom. The molecule has 6 heteroatoms. The summed E-state index contributed by atoms with van der Waals surface area (Å²) in [6.07, 6.45) is 10.9. The van der Waals surface area contributed by atoms with Gasteiger partial charge in [0.15, 0.2) is 0 Å². The Labute approximate surface area is 212 Å². The van der Waals surface area contributed by atoms with Crippen LogP contribution in [-0.4, -0.2) is 28.1 Å². The molecule has 0 saturated heterocycles. The van der Waals surface area contributed by atoms with E-state index in [4.69, 9.17) is 4.74 Å². The summed E-state index contributed by atoms with van der Waals surface area (Å²) in [4.78, 5) is 24.7. The molecule has 0 radical (unpaired) electrons. The van der Waals surface area contributed by atoms with E-state index in [2.05, 4.69) is 18.5 Å². The van der Waals surface area contributed by atoms with Gasteiger partial charge in [-0.25, -0.2) is 4.79 Å². The number of aryl methyl sites for hydroxylation is 1. The molecule has 1 unspecified atom stereocenters. The maximum absolute atomic E-state index is 12.9. The third-order valence-electron chi connectivity index (χ3n) is 5.44. The van der Waals surface area contributed by atoms with Gasteiger partial charge in [0.05, 0.1) is 0 Å². The van der Waals surface area contributed by atoms with Crippen LogP contribution < -0.4 is 10.1 Å². The molecular weight excluding hydrogens is 454 g/mol. The molecule has 2 aromatic carbocycles. The minimum atomic E-state index is -1.13. The number of aliphatic carboxylic acids is 1. The number of hydrogen-bond donors (Lipinski definition) is 3. The molecule has 0 saturated carbocycles. The van der Waals surface area contributed by atoms with Gasteiger partial charge in [-0.05, 0) is 65.9 Å². The molecule has 0 fully saturated rings. The van der Waals surface area contributed by atoms with E-state index in [1.54, 1.807) is 48.6 Å². The van der Waals surface area contributed by atoms with Crippen LogP contribution in [0.3, 0.4) is 0 Å². The normalized spacial score (nSPS) is 12.7. The van der Waals surface area contributed by atoms with Gasteiger partial charge in [0.25, 0.3) is 5.91 Å². The van der Waals surface area contributed by atoms with Gasteiger partial charge in [-0.1, -0.05) is 68.7 Å². The number of carbonyl (C=O) groups excluding carboxylic acids is 1. The second kappa shape index (κ2) is 14.2. The molecule has 2 aromatic rings. The molecule has 0 bridgehead atoms. The minimum absolute atomic E-state index is 0.104. The SMILES string of the molecule is C=C/C(=C\C=C/C)CC(NC(=O)/C(C=C)=C/c1ccc(OCc2ccc(O)cc2)cc1CC)C(=O)O. The summed E-state index contributed by atoms with van der Waals surface area (Å²) in [5.74, 6) is -0.783. The molecule has 2 rings (SSSR count). The lowest BCUT2D eigenvalue weighted by Gasteiger charge is -2.16. The van der Waals surface area contributed by atoms with E-state index in [1.165, 1.54) is 6.08 Å². The first-order valence-corrected chi connectivity index (χ1v) is 11.7. The Bertz CT molecular complexity index is 1170. The fourth-order valence-corrected chi connectivity index (χ4v) is 3.38. The summed E-state index contributed by atoms with van der Waals surface area (Å²) < 4.78 is 5.88. The molecule has 36 heavy (non-hydrogen) atoms. The van der Waals surface area contributed by atoms with Crippen LogP contribution in [-0.2, 0) is 22.6 Å². The Balaban J connectivity index is 2.19. The van der Waals surface area contributed by atoms with Crippen molar-refractivity contribution < 1.29 is 24.5 Å². The maximum atomic E-state index is 12.9. The zero-order chi connectivity index (χ0) is 26.5. The quantitative estimate of drug-likeness (QED) is 0.247. The average Bonchev–Trinajstić information content (AvgIpc) is 2.88. The lowest BCUT2D eigenvalue weighted by molar-refractivity contribution is -0.141. The van der Waals surface area contributed by atoms with Crippen LogP contribution in [0.15, 0.2) is 97.1 Å². The number of ether oxygens (including phenoxy) is 1. The summed E-state index contributed by atoms with van der Waals surface area (Å²) in [5, 5.41) is 21.6. The first kappa shape index (κ1) is 27.9. The molecule has 188 valence electrons. The summed E-state index contributed by atoms with van der Waals surface area (Å²) in [5.41, 5.74) is 3.65. The molecule has 0 heterocycles. The van der Waals surface area contributed by atoms with Crippen molar-refractivity contribution in [3.8, 4) is 11.5 Å². The maximum Gasteiger partial charge on any atom is 0.326 e. The zero-order valence-electron chi connectivity index (χ0n) is 20.7. The van der Waals surface area contributed by atoms with E-state index < -0.39 is 17.9 Å². The molecular formula is C30H33NO5. The molecule has 3 N–H and O–H groups in total. The third-order valence-corrected chi connectivity index (χ3v) is 5.44. The molecule has 0 spiro atoms. The monoisotopic (exact) mass is 487 g/mol. The zero-order valence-corrected chi connectivity index (χ0v) is 20.7. The van der Waals surface area contributed by atoms with Crippen LogP contribution >= 0.6 is 0 Å². The summed E-state index contributed by atoms with van der Waals surface area (Å²) in [6.45, 7) is 11.7. The lowest BCUT2D eigenvalue weighted by atomic mass is 10.0. The Morgan fingerprint density at radius 3 is 2.42 bits per heavy atom. The smallest absolute Gasteiger partial charge is 0.326 e. The first-order chi connectivity index (χ1) is 17.3. The van der Waals surface area contributed by atoms with Crippen LogP contribution in [0.1, 0.15) is 37.0 Å². The van der Waals surface area contributed by atoms with Crippen LogP contribution in [0.25, 0.3) is 6.08 Å². The molecule has 0 aliphatic carbocycles. The Kier molecular flexibility index (Phi) is 11.0. The third kappa shape index (κ3) is 8.47. The van der Waals surface area contributed by atoms with Crippen molar-refractivity contribution in [2.75, 3.05) is 0 Å². The molecule has 0 aliphatic rings. The Hall–Kier alpha value is -4.32. The summed E-state index contributed by atoms with van der Waals surface area (Å²) in [6, 6.07) is 11.3. The van der Waals surface area contributed by atoms with Crippen molar-refractivity contribution in [2.24, 2.45) is 0 Å². The summed E-state index contributed by atoms with van der Waals surface area (Å²) >= 11 is 0. The molecule has 0 aromatic heterocycles. The number of phenolic OH excluding ortho intramolecular Hbond substituents is 1. The number of carboxylic acid groups (broad SMARTS) is 1. The van der Waals surface area contributed by atoms with Crippen LogP contribution in [0, 0.1) is 0 Å². The van der Waals surface area contributed by atoms with Gasteiger partial charge >= 0.3 is 5.97 Å². The number of allylic oxidation sites excluding steroid dienone is 4. The fourth-order valence-electron chi connectivity index (χ4n) is 3.38. The topological polar surface area (TPSA) is 95.9 Å². The number of nitrogens with one attached hydrogen (secondary N) is 1. The van der Waals surface area contributed by atoms with E-state index in [9.17, 15) is 19.8 Å². The second-order valence-electron chi connectivity index (χ2n) is 8.01. The van der Waals surface area contributed by atoms with Crippen LogP contribution in [0.5, 0.6) is 11.5 Å². The highest BCUT2D eigenvalue weighted by Gasteiger charge is 2.22. The molecule has 1 atom stereocenters. The number of hydrogen-bond acceptors (Lipinski definition) is 4. The number of rotatable bonds is 13. The van der Waals surface area contributed by atoms with Crippen LogP contribution in [0.2, 0.25) is 0 Å². The van der Waals surface area contributed by atoms with Gasteiger partial charge in [-0.2, -0.15) is 0 Å². The summed E-state index contributed by atoms with van der Waals surface area (Å²) in [7, 11) is 0. The van der Waals surface area contributed by atoms with Crippen molar-refractivity contribution in [3.05, 3.63) is 114 Å². The number of amides is 1. The predicted octanol–water partition coefficient (Wildman–Crippen LogP) is 5.75. The number of carboxylic acids is 1. The number of aromatic hydroxyl groups is 1. The van der Waals surface area contributed by atoms with E-state index in [0.29, 0.717) is 24.4 Å². The number of carbonyl (C=O) groups is 2. The van der Waals surface area contributed by atoms with E-state index in [0.717, 1.165) is 16.7 Å². The van der Waals surface area contributed by atoms with E-state index >= 15 is 0 Å². The number of benzene rings is 2. The van der Waals surface area contributed by atoms with Gasteiger partial charge in [-0.3, -0.25) is 4.79 Å². The largest absolute Gasteiger partial charge is 0.508 e. The van der Waals surface area contributed by atoms with Gasteiger partial charge in [0.2, 0.25) is 0 Å². The predicted molar refractivity (Wildman–Crippen MR) is 144 cm³/mol. The minimum Gasteiger partial charge on any atom is -0.508 e. The van der Waals surface area contributed by atoms with Crippen LogP contribution in [0.4, 0.5) is 0 Å². The molecule has 6 nitrogen and oxygen atoms in total. The van der Waals surface area contributed by atoms with Crippen molar-refractivity contribution in [2.45, 2.75) is 39.3 Å². The van der Waals surface area contributed by atoms with Gasteiger partial charge < -0.3 is 20.3 Å². The lowest BCUT2D eigenvalue weighted by Crippen LogP contribution is -2.41. The van der Waals surface area contributed by atoms with Gasteiger partial charge in [0.1, 0.15) is 24.1 Å². The second-order valence-corrected chi connectivity index (χ2v) is 8.01. The van der Waals surface area contributed by atoms with Crippen molar-refractivity contribution in [1.82, 2.24) is 5.32 Å². The van der Waals surface area contributed by atoms with E-state index in [-0.39, 0.29) is 17.7 Å². The van der Waals surface area contributed by atoms with Crippen molar-refractivity contribution >= 4 is 18.0 Å².